The minimum atomic E-state index is -0.131. The predicted octanol–water partition coefficient (Wildman–Crippen LogP) is 2.24. The first kappa shape index (κ1) is 14.8. The van der Waals surface area contributed by atoms with Crippen LogP contribution in [0, 0.1) is 5.92 Å². The van der Waals surface area contributed by atoms with Crippen LogP contribution in [0.4, 0.5) is 0 Å². The fourth-order valence-electron chi connectivity index (χ4n) is 3.09. The molecule has 0 saturated carbocycles. The van der Waals surface area contributed by atoms with E-state index in [2.05, 4.69) is 5.32 Å². The van der Waals surface area contributed by atoms with Crippen LogP contribution in [0.1, 0.15) is 25.0 Å². The number of halogens is 1. The zero-order valence-electron chi connectivity index (χ0n) is 12.2. The van der Waals surface area contributed by atoms with Crippen molar-refractivity contribution in [3.05, 3.63) is 34.9 Å². The van der Waals surface area contributed by atoms with Crippen LogP contribution in [-0.2, 0) is 9.53 Å². The van der Waals surface area contributed by atoms with Gasteiger partial charge in [-0.15, -0.1) is 0 Å². The van der Waals surface area contributed by atoms with E-state index in [0.717, 1.165) is 25.1 Å². The Labute approximate surface area is 130 Å². The minimum absolute atomic E-state index is 0.109. The van der Waals surface area contributed by atoms with Gasteiger partial charge in [-0.1, -0.05) is 29.8 Å². The Bertz CT molecular complexity index is 517. The average Bonchev–Trinajstić information content (AvgIpc) is 3.02. The van der Waals surface area contributed by atoms with Crippen LogP contribution in [0.2, 0.25) is 5.02 Å². The highest BCUT2D eigenvalue weighted by molar-refractivity contribution is 6.31. The molecule has 3 atom stereocenters. The Kier molecular flexibility index (Phi) is 4.48. The summed E-state index contributed by atoms with van der Waals surface area (Å²) in [5, 5.41) is 3.96. The van der Waals surface area contributed by atoms with E-state index < -0.39 is 0 Å². The van der Waals surface area contributed by atoms with Crippen molar-refractivity contribution in [2.45, 2.75) is 25.5 Å². The smallest absolute Gasteiger partial charge is 0.227 e. The number of hydrogen-bond donors (Lipinski definition) is 1. The summed E-state index contributed by atoms with van der Waals surface area (Å²) in [6.45, 7) is 4.91. The van der Waals surface area contributed by atoms with E-state index in [-0.39, 0.29) is 24.0 Å². The highest BCUT2D eigenvalue weighted by Gasteiger charge is 2.35. The van der Waals surface area contributed by atoms with Crippen LogP contribution < -0.4 is 5.32 Å². The predicted molar refractivity (Wildman–Crippen MR) is 82.3 cm³/mol. The molecule has 21 heavy (non-hydrogen) atoms. The van der Waals surface area contributed by atoms with E-state index >= 15 is 0 Å². The molecule has 2 fully saturated rings. The second kappa shape index (κ2) is 6.34. The third kappa shape index (κ3) is 3.07. The van der Waals surface area contributed by atoms with Gasteiger partial charge in [-0.25, -0.2) is 0 Å². The lowest BCUT2D eigenvalue weighted by molar-refractivity contribution is -0.148. The van der Waals surface area contributed by atoms with Crippen molar-refractivity contribution in [2.75, 3.05) is 26.2 Å². The van der Waals surface area contributed by atoms with Gasteiger partial charge in [0.2, 0.25) is 5.91 Å². The molecule has 4 nitrogen and oxygen atoms in total. The standard InChI is InChI=1S/C16H21ClN2O2/c1-11-10-21-15(13-4-2-3-5-14(13)17)9-19(11)16(20)12-6-7-18-8-12/h2-5,11-12,15,18H,6-10H2,1H3/t11-,12+,15-/m1/s1. The van der Waals surface area contributed by atoms with Crippen LogP contribution in [0.25, 0.3) is 0 Å². The Morgan fingerprint density at radius 2 is 2.24 bits per heavy atom. The topological polar surface area (TPSA) is 41.6 Å². The van der Waals surface area contributed by atoms with E-state index in [0.29, 0.717) is 18.2 Å². The number of benzene rings is 1. The fourth-order valence-corrected chi connectivity index (χ4v) is 3.35. The van der Waals surface area contributed by atoms with E-state index in [1.807, 2.05) is 36.1 Å². The first-order chi connectivity index (χ1) is 10.2. The van der Waals surface area contributed by atoms with E-state index in [1.54, 1.807) is 0 Å². The van der Waals surface area contributed by atoms with Crippen molar-refractivity contribution in [3.63, 3.8) is 0 Å². The average molecular weight is 309 g/mol. The summed E-state index contributed by atoms with van der Waals surface area (Å²) in [6.07, 6.45) is 0.799. The number of morpholine rings is 1. The van der Waals surface area contributed by atoms with E-state index in [9.17, 15) is 4.79 Å². The highest BCUT2D eigenvalue weighted by atomic mass is 35.5. The van der Waals surface area contributed by atoms with Crippen molar-refractivity contribution in [2.24, 2.45) is 5.92 Å². The number of hydrogen-bond acceptors (Lipinski definition) is 3. The number of amides is 1. The maximum atomic E-state index is 12.7. The third-order valence-corrected chi connectivity index (χ3v) is 4.72. The summed E-state index contributed by atoms with van der Waals surface area (Å²) >= 11 is 6.25. The summed E-state index contributed by atoms with van der Waals surface area (Å²) in [5.74, 6) is 0.352. The molecule has 1 N–H and O–H groups in total. The molecule has 0 aliphatic carbocycles. The fraction of sp³-hybridized carbons (Fsp3) is 0.562. The molecule has 0 bridgehead atoms. The van der Waals surface area contributed by atoms with Crippen molar-refractivity contribution in [1.29, 1.82) is 0 Å². The van der Waals surface area contributed by atoms with Crippen molar-refractivity contribution >= 4 is 17.5 Å². The van der Waals surface area contributed by atoms with Crippen LogP contribution in [0.3, 0.4) is 0 Å². The lowest BCUT2D eigenvalue weighted by Gasteiger charge is -2.39. The van der Waals surface area contributed by atoms with Gasteiger partial charge < -0.3 is 15.0 Å². The minimum Gasteiger partial charge on any atom is -0.369 e. The highest BCUT2D eigenvalue weighted by Crippen LogP contribution is 2.31. The molecule has 1 amide bonds. The molecule has 3 rings (SSSR count). The molecular formula is C16H21ClN2O2. The van der Waals surface area contributed by atoms with Crippen LogP contribution in [-0.4, -0.2) is 43.1 Å². The third-order valence-electron chi connectivity index (χ3n) is 4.38. The molecule has 0 radical (unpaired) electrons. The van der Waals surface area contributed by atoms with Gasteiger partial charge in [0, 0.05) is 17.1 Å². The molecule has 2 aliphatic heterocycles. The largest absolute Gasteiger partial charge is 0.369 e. The number of carbonyl (C=O) groups is 1. The van der Waals surface area contributed by atoms with E-state index in [4.69, 9.17) is 16.3 Å². The first-order valence-electron chi connectivity index (χ1n) is 7.54. The van der Waals surface area contributed by atoms with Gasteiger partial charge in [-0.05, 0) is 26.0 Å². The number of rotatable bonds is 2. The number of nitrogens with zero attached hydrogens (tertiary/aromatic N) is 1. The summed E-state index contributed by atoms with van der Waals surface area (Å²) in [4.78, 5) is 14.6. The zero-order valence-corrected chi connectivity index (χ0v) is 13.0. The van der Waals surface area contributed by atoms with Crippen LogP contribution >= 0.6 is 11.6 Å². The maximum absolute atomic E-state index is 12.7. The lowest BCUT2D eigenvalue weighted by Crippen LogP contribution is -2.50. The summed E-state index contributed by atoms with van der Waals surface area (Å²) in [7, 11) is 0. The molecule has 1 aromatic carbocycles. The molecule has 1 aromatic rings. The summed E-state index contributed by atoms with van der Waals surface area (Å²) < 4.78 is 5.91. The monoisotopic (exact) mass is 308 g/mol. The molecule has 0 unspecified atom stereocenters. The number of carbonyl (C=O) groups excluding carboxylic acids is 1. The van der Waals surface area contributed by atoms with Crippen LogP contribution in [0.15, 0.2) is 24.3 Å². The molecule has 0 aromatic heterocycles. The van der Waals surface area contributed by atoms with Crippen molar-refractivity contribution in [1.82, 2.24) is 10.2 Å². The summed E-state index contributed by atoms with van der Waals surface area (Å²) in [5.41, 5.74) is 0.966. The normalized spacial score (nSPS) is 29.6. The van der Waals surface area contributed by atoms with Gasteiger partial charge in [0.25, 0.3) is 0 Å². The van der Waals surface area contributed by atoms with Gasteiger partial charge in [-0.3, -0.25) is 4.79 Å². The molecule has 2 aliphatic rings. The second-order valence-corrected chi connectivity index (χ2v) is 6.28. The van der Waals surface area contributed by atoms with Gasteiger partial charge in [0.05, 0.1) is 25.1 Å². The Morgan fingerprint density at radius 1 is 1.43 bits per heavy atom. The Morgan fingerprint density at radius 3 is 2.95 bits per heavy atom. The zero-order chi connectivity index (χ0) is 14.8. The van der Waals surface area contributed by atoms with Gasteiger partial charge >= 0.3 is 0 Å². The SMILES string of the molecule is C[C@@H]1CO[C@@H](c2ccccc2Cl)CN1C(=O)[C@H]1CCNC1. The molecule has 114 valence electrons. The quantitative estimate of drug-likeness (QED) is 0.911. The molecule has 5 heteroatoms. The second-order valence-electron chi connectivity index (χ2n) is 5.87. The Balaban J connectivity index is 1.75. The maximum Gasteiger partial charge on any atom is 0.227 e. The lowest BCUT2D eigenvalue weighted by atomic mass is 10.0. The van der Waals surface area contributed by atoms with Gasteiger partial charge in [0.15, 0.2) is 0 Å². The van der Waals surface area contributed by atoms with Crippen molar-refractivity contribution < 1.29 is 9.53 Å². The molecule has 2 heterocycles. The number of nitrogens with one attached hydrogen (secondary N) is 1. The van der Waals surface area contributed by atoms with Gasteiger partial charge in [0.1, 0.15) is 6.10 Å². The van der Waals surface area contributed by atoms with Crippen LogP contribution in [0.5, 0.6) is 0 Å². The first-order valence-corrected chi connectivity index (χ1v) is 7.92. The molecule has 2 saturated heterocycles. The Hall–Kier alpha value is -1.10. The van der Waals surface area contributed by atoms with Crippen molar-refractivity contribution in [3.8, 4) is 0 Å². The molecule has 0 spiro atoms. The van der Waals surface area contributed by atoms with E-state index in [1.165, 1.54) is 0 Å². The summed E-state index contributed by atoms with van der Waals surface area (Å²) in [6, 6.07) is 7.82. The molecular weight excluding hydrogens is 288 g/mol. The van der Waals surface area contributed by atoms with Gasteiger partial charge in [-0.2, -0.15) is 0 Å². The number of ether oxygens (including phenoxy) is 1.